The molecule has 2 nitrogen and oxygen atoms in total. The van der Waals surface area contributed by atoms with Crippen molar-refractivity contribution in [2.75, 3.05) is 0 Å². The van der Waals surface area contributed by atoms with Gasteiger partial charge in [-0.25, -0.2) is 4.79 Å². The van der Waals surface area contributed by atoms with Crippen molar-refractivity contribution in [1.29, 1.82) is 0 Å². The largest absolute Gasteiger partial charge is 0.478 e. The van der Waals surface area contributed by atoms with Crippen LogP contribution in [0.4, 0.5) is 0 Å². The quantitative estimate of drug-likeness (QED) is 0.339. The van der Waals surface area contributed by atoms with E-state index in [9.17, 15) is 4.79 Å². The van der Waals surface area contributed by atoms with E-state index in [0.717, 1.165) is 16.3 Å². The van der Waals surface area contributed by atoms with E-state index in [1.54, 1.807) is 5.70 Å². The predicted molar refractivity (Wildman–Crippen MR) is 26.7 cm³/mol. The van der Waals surface area contributed by atoms with Crippen LogP contribution < -0.4 is 0 Å². The molecule has 0 bridgehead atoms. The number of hydrogen-bond acceptors (Lipinski definition) is 1. The minimum Gasteiger partial charge on any atom is -0.478 e. The van der Waals surface area contributed by atoms with Crippen molar-refractivity contribution in [1.82, 2.24) is 0 Å². The number of carbonyl (C=O) groups is 1. The second-order valence-electron chi connectivity index (χ2n) is 0.838. The van der Waals surface area contributed by atoms with Crippen LogP contribution >= 0.6 is 0 Å². The molecule has 0 fully saturated rings. The molecule has 0 aromatic rings. The summed E-state index contributed by atoms with van der Waals surface area (Å²) in [6.07, 6.45) is 1.15. The lowest BCUT2D eigenvalue weighted by Gasteiger charge is -1.68. The topological polar surface area (TPSA) is 37.3 Å². The number of carboxylic acid groups (broad SMARTS) is 1. The van der Waals surface area contributed by atoms with Gasteiger partial charge >= 0.3 is 5.97 Å². The number of aliphatic carboxylic acids is 1. The van der Waals surface area contributed by atoms with Crippen LogP contribution in [0.1, 0.15) is 0 Å². The van der Waals surface area contributed by atoms with Crippen LogP contribution in [0.15, 0.2) is 11.8 Å². The van der Waals surface area contributed by atoms with Gasteiger partial charge in [0.1, 0.15) is 0 Å². The summed E-state index contributed by atoms with van der Waals surface area (Å²) in [6.45, 7) is 0. The van der Waals surface area contributed by atoms with E-state index < -0.39 is 5.97 Å². The molecule has 0 heterocycles. The molecule has 0 radical (unpaired) electrons. The smallest absolute Gasteiger partial charge is 0.327 e. The highest BCUT2D eigenvalue weighted by Crippen LogP contribution is 1.61. The first-order valence-corrected chi connectivity index (χ1v) is 2.78. The molecule has 3 heteroatoms. The zero-order valence-corrected chi connectivity index (χ0v) is 5.51. The fourth-order valence-electron chi connectivity index (χ4n) is 0.143. The van der Waals surface area contributed by atoms with Crippen molar-refractivity contribution >= 4 is 16.2 Å². The lowest BCUT2D eigenvalue weighted by molar-refractivity contribution is -0.131. The molecular weight excluding hydrogens is 96.1 g/mol. The summed E-state index contributed by atoms with van der Waals surface area (Å²) in [5.41, 5.74) is 1.61. The van der Waals surface area contributed by atoms with Crippen LogP contribution in [-0.2, 0) is 4.79 Å². The van der Waals surface area contributed by atoms with Crippen molar-refractivity contribution < 1.29 is 9.90 Å². The summed E-state index contributed by atoms with van der Waals surface area (Å²) < 4.78 is 0. The van der Waals surface area contributed by atoms with Gasteiger partial charge in [0.15, 0.2) is 0 Å². The van der Waals surface area contributed by atoms with Crippen LogP contribution in [0, 0.1) is 0 Å². The lowest BCUT2D eigenvalue weighted by atomic mass is 10.7. The molecule has 0 aliphatic heterocycles. The van der Waals surface area contributed by atoms with E-state index in [2.05, 4.69) is 0 Å². The Labute approximate surface area is 38.9 Å². The van der Waals surface area contributed by atoms with Crippen LogP contribution in [0.25, 0.3) is 0 Å². The van der Waals surface area contributed by atoms with Crippen LogP contribution in [0.2, 0.25) is 0 Å². The second kappa shape index (κ2) is 2.65. The van der Waals surface area contributed by atoms with Gasteiger partial charge in [-0.3, -0.25) is 0 Å². The molecule has 0 amide bonds. The molecule has 6 heavy (non-hydrogen) atoms. The summed E-state index contributed by atoms with van der Waals surface area (Å²) in [4.78, 5) is 9.53. The molecule has 0 rings (SSSR count). The highest BCUT2D eigenvalue weighted by molar-refractivity contribution is 6.18. The van der Waals surface area contributed by atoms with Gasteiger partial charge in [-0.15, -0.1) is 0 Å². The summed E-state index contributed by atoms with van der Waals surface area (Å²) >= 11 is 0. The SMILES string of the molecule is O=C(O)C=C[SiH3]. The van der Waals surface area contributed by atoms with E-state index in [0.29, 0.717) is 0 Å². The Hall–Kier alpha value is -0.573. The molecule has 0 spiro atoms. The summed E-state index contributed by atoms with van der Waals surface area (Å²) in [5.74, 6) is -0.856. The zero-order chi connectivity index (χ0) is 4.99. The molecule has 34 valence electrons. The van der Waals surface area contributed by atoms with Crippen molar-refractivity contribution in [3.63, 3.8) is 0 Å². The van der Waals surface area contributed by atoms with E-state index >= 15 is 0 Å². The Morgan fingerprint density at radius 2 is 2.33 bits per heavy atom. The monoisotopic (exact) mass is 102 g/mol. The Morgan fingerprint density at radius 3 is 2.33 bits per heavy atom. The molecule has 0 saturated heterocycles. The standard InChI is InChI=1S/C3H6O2Si/c4-3(5)1-2-6/h1-2H,6H3,(H,4,5). The highest BCUT2D eigenvalue weighted by atomic mass is 28.1. The summed E-state index contributed by atoms with van der Waals surface area (Å²) in [6, 6.07) is 0. The Morgan fingerprint density at radius 1 is 1.83 bits per heavy atom. The van der Waals surface area contributed by atoms with Gasteiger partial charge in [0.05, 0.1) is 0 Å². The van der Waals surface area contributed by atoms with E-state index in [-0.39, 0.29) is 0 Å². The predicted octanol–water partition coefficient (Wildman–Crippen LogP) is -1.05. The van der Waals surface area contributed by atoms with E-state index in [1.807, 2.05) is 0 Å². The number of hydrogen-bond donors (Lipinski definition) is 1. The van der Waals surface area contributed by atoms with E-state index in [4.69, 9.17) is 5.11 Å². The van der Waals surface area contributed by atoms with Crippen molar-refractivity contribution in [3.8, 4) is 0 Å². The van der Waals surface area contributed by atoms with Crippen LogP contribution in [0.5, 0.6) is 0 Å². The Bertz CT molecular complexity index is 76.9. The summed E-state index contributed by atoms with van der Waals surface area (Å²) in [7, 11) is 0.825. The molecule has 1 N–H and O–H groups in total. The third-order valence-corrected chi connectivity index (χ3v) is 0.643. The first-order valence-electron chi connectivity index (χ1n) is 1.63. The van der Waals surface area contributed by atoms with Gasteiger partial charge < -0.3 is 5.11 Å². The average Bonchev–Trinajstić information content (AvgIpc) is 1.35. The molecule has 0 saturated carbocycles. The molecular formula is C3H6O2Si. The average molecular weight is 102 g/mol. The van der Waals surface area contributed by atoms with Crippen LogP contribution in [-0.4, -0.2) is 21.3 Å². The molecule has 0 aliphatic rings. The number of rotatable bonds is 1. The fourth-order valence-corrected chi connectivity index (χ4v) is 0.428. The normalized spacial score (nSPS) is 10.0. The maximum absolute atomic E-state index is 9.53. The zero-order valence-electron chi connectivity index (χ0n) is 3.51. The van der Waals surface area contributed by atoms with E-state index in [1.165, 1.54) is 0 Å². The lowest BCUT2D eigenvalue weighted by Crippen LogP contribution is -1.84. The fraction of sp³-hybridized carbons (Fsp3) is 0. The molecule has 0 aliphatic carbocycles. The maximum atomic E-state index is 9.53. The second-order valence-corrected chi connectivity index (χ2v) is 1.50. The van der Waals surface area contributed by atoms with Gasteiger partial charge in [-0.05, 0) is 0 Å². The number of carboxylic acids is 1. The maximum Gasteiger partial charge on any atom is 0.327 e. The molecule has 0 unspecified atom stereocenters. The van der Waals surface area contributed by atoms with Crippen molar-refractivity contribution in [3.05, 3.63) is 11.8 Å². The Balaban J connectivity index is 3.30. The van der Waals surface area contributed by atoms with Gasteiger partial charge in [-0.2, -0.15) is 0 Å². The minimum absolute atomic E-state index is 0.825. The van der Waals surface area contributed by atoms with Gasteiger partial charge in [0, 0.05) is 16.3 Å². The molecule has 0 aromatic carbocycles. The first kappa shape index (κ1) is 5.43. The third kappa shape index (κ3) is 3.43. The first-order chi connectivity index (χ1) is 2.77. The van der Waals surface area contributed by atoms with Gasteiger partial charge in [0.25, 0.3) is 0 Å². The Kier molecular flexibility index (Phi) is 2.40. The minimum atomic E-state index is -0.856. The third-order valence-electron chi connectivity index (χ3n) is 0.309. The summed E-state index contributed by atoms with van der Waals surface area (Å²) in [5, 5.41) is 7.85. The highest BCUT2D eigenvalue weighted by Gasteiger charge is 1.76. The van der Waals surface area contributed by atoms with Crippen LogP contribution in [0.3, 0.4) is 0 Å². The van der Waals surface area contributed by atoms with Gasteiger partial charge in [-0.1, -0.05) is 5.70 Å². The molecule has 0 atom stereocenters. The van der Waals surface area contributed by atoms with Crippen molar-refractivity contribution in [2.24, 2.45) is 0 Å². The van der Waals surface area contributed by atoms with Gasteiger partial charge in [0.2, 0.25) is 0 Å². The van der Waals surface area contributed by atoms with Crippen molar-refractivity contribution in [2.45, 2.75) is 0 Å². The molecule has 0 aromatic heterocycles.